The molecule has 2 aromatic carbocycles. The van der Waals surface area contributed by atoms with Gasteiger partial charge in [0.2, 0.25) is 5.95 Å². The third-order valence-corrected chi connectivity index (χ3v) is 5.08. The number of hydrogen-bond acceptors (Lipinski definition) is 6. The quantitative estimate of drug-likeness (QED) is 0.681. The van der Waals surface area contributed by atoms with Gasteiger partial charge >= 0.3 is 0 Å². The van der Waals surface area contributed by atoms with Gasteiger partial charge in [0, 0.05) is 44.6 Å². The van der Waals surface area contributed by atoms with Crippen molar-refractivity contribution in [3.8, 4) is 6.07 Å². The summed E-state index contributed by atoms with van der Waals surface area (Å²) in [5.74, 6) is 1.49. The van der Waals surface area contributed by atoms with Crippen molar-refractivity contribution in [2.75, 3.05) is 42.9 Å². The molecule has 3 aromatic rings. The average Bonchev–Trinajstić information content (AvgIpc) is 2.81. The zero-order valence-electron chi connectivity index (χ0n) is 16.8. The molecule has 0 unspecified atom stereocenters. The highest BCUT2D eigenvalue weighted by molar-refractivity contribution is 5.56. The predicted octanol–water partition coefficient (Wildman–Crippen LogP) is 3.93. The molecule has 0 amide bonds. The van der Waals surface area contributed by atoms with Crippen molar-refractivity contribution in [1.29, 1.82) is 5.26 Å². The molecule has 0 aliphatic carbocycles. The van der Waals surface area contributed by atoms with Crippen LogP contribution in [0.15, 0.2) is 72.9 Å². The predicted molar refractivity (Wildman–Crippen MR) is 121 cm³/mol. The minimum absolute atomic E-state index is 0.561. The van der Waals surface area contributed by atoms with E-state index >= 15 is 0 Å². The van der Waals surface area contributed by atoms with Crippen molar-refractivity contribution in [3.05, 3.63) is 84.1 Å². The van der Waals surface area contributed by atoms with E-state index in [1.54, 1.807) is 18.3 Å². The maximum Gasteiger partial charge on any atom is 0.229 e. The van der Waals surface area contributed by atoms with Gasteiger partial charge in [0.05, 0.1) is 11.6 Å². The van der Waals surface area contributed by atoms with E-state index in [1.807, 2.05) is 24.3 Å². The minimum atomic E-state index is 0.561. The second kappa shape index (κ2) is 9.68. The first-order valence-electron chi connectivity index (χ1n) is 10.1. The van der Waals surface area contributed by atoms with Crippen molar-refractivity contribution >= 4 is 23.5 Å². The van der Waals surface area contributed by atoms with Crippen LogP contribution in [0.5, 0.6) is 0 Å². The molecular weight excluding hydrogens is 372 g/mol. The Bertz CT molecular complexity index is 1020. The van der Waals surface area contributed by atoms with E-state index in [0.717, 1.165) is 44.2 Å². The van der Waals surface area contributed by atoms with Crippen molar-refractivity contribution in [2.24, 2.45) is 0 Å². The van der Waals surface area contributed by atoms with E-state index in [9.17, 15) is 0 Å². The van der Waals surface area contributed by atoms with E-state index in [0.29, 0.717) is 11.5 Å². The fraction of sp³-hybridized carbons (Fsp3) is 0.208. The standard InChI is InChI=1S/C24H24N6/c25-19-21-8-10-22(11-9-21)27-24-26-13-12-23(28-24)30-17-15-29(16-18-30)14-4-7-20-5-2-1-3-6-20/h1-13H,14-18H2,(H,26,27,28)/b7-4+. The van der Waals surface area contributed by atoms with Crippen LogP contribution in [0.2, 0.25) is 0 Å². The summed E-state index contributed by atoms with van der Waals surface area (Å²) in [7, 11) is 0. The molecule has 30 heavy (non-hydrogen) atoms. The first-order valence-corrected chi connectivity index (χ1v) is 10.1. The Labute approximate surface area is 177 Å². The highest BCUT2D eigenvalue weighted by Gasteiger charge is 2.17. The number of hydrogen-bond donors (Lipinski definition) is 1. The third kappa shape index (κ3) is 5.22. The van der Waals surface area contributed by atoms with E-state index in [4.69, 9.17) is 5.26 Å². The molecule has 1 N–H and O–H groups in total. The fourth-order valence-electron chi connectivity index (χ4n) is 3.40. The number of anilines is 3. The summed E-state index contributed by atoms with van der Waals surface area (Å²) >= 11 is 0. The molecule has 0 spiro atoms. The molecule has 1 saturated heterocycles. The Morgan fingerprint density at radius 3 is 2.47 bits per heavy atom. The van der Waals surface area contributed by atoms with E-state index < -0.39 is 0 Å². The summed E-state index contributed by atoms with van der Waals surface area (Å²) in [4.78, 5) is 13.7. The smallest absolute Gasteiger partial charge is 0.229 e. The molecule has 1 aliphatic rings. The van der Waals surface area contributed by atoms with Crippen LogP contribution in [0.4, 0.5) is 17.5 Å². The SMILES string of the molecule is N#Cc1ccc(Nc2nccc(N3CCN(C/C=C/c4ccccc4)CC3)n2)cc1. The summed E-state index contributed by atoms with van der Waals surface area (Å²) in [6.07, 6.45) is 6.19. The molecular formula is C24H24N6. The summed E-state index contributed by atoms with van der Waals surface area (Å²) in [5.41, 5.74) is 2.73. The number of piperazine rings is 1. The van der Waals surface area contributed by atoms with Crippen LogP contribution in [0.25, 0.3) is 6.08 Å². The Morgan fingerprint density at radius 1 is 0.967 bits per heavy atom. The number of benzene rings is 2. The van der Waals surface area contributed by atoms with Crippen molar-refractivity contribution in [1.82, 2.24) is 14.9 Å². The van der Waals surface area contributed by atoms with Crippen LogP contribution in [-0.2, 0) is 0 Å². The Hall–Kier alpha value is -3.69. The van der Waals surface area contributed by atoms with Crippen molar-refractivity contribution < 1.29 is 0 Å². The van der Waals surface area contributed by atoms with Gasteiger partial charge in [-0.2, -0.15) is 10.2 Å². The van der Waals surface area contributed by atoms with E-state index in [1.165, 1.54) is 5.56 Å². The normalized spacial score (nSPS) is 14.6. The van der Waals surface area contributed by atoms with Gasteiger partial charge in [-0.3, -0.25) is 4.90 Å². The van der Waals surface area contributed by atoms with Gasteiger partial charge in [0.25, 0.3) is 0 Å². The number of nitrogens with one attached hydrogen (secondary N) is 1. The lowest BCUT2D eigenvalue weighted by Gasteiger charge is -2.34. The maximum absolute atomic E-state index is 8.91. The van der Waals surface area contributed by atoms with Crippen LogP contribution in [0.3, 0.4) is 0 Å². The molecule has 150 valence electrons. The molecule has 0 atom stereocenters. The summed E-state index contributed by atoms with van der Waals surface area (Å²) in [6.45, 7) is 4.83. The number of nitrogens with zero attached hydrogens (tertiary/aromatic N) is 5. The lowest BCUT2D eigenvalue weighted by atomic mass is 10.2. The van der Waals surface area contributed by atoms with Gasteiger partial charge in [0.1, 0.15) is 5.82 Å². The molecule has 1 aliphatic heterocycles. The van der Waals surface area contributed by atoms with Gasteiger partial charge in [-0.25, -0.2) is 4.98 Å². The van der Waals surface area contributed by atoms with Gasteiger partial charge in [-0.05, 0) is 35.9 Å². The summed E-state index contributed by atoms with van der Waals surface area (Å²) in [6, 6.07) is 21.7. The molecule has 6 nitrogen and oxygen atoms in total. The molecule has 0 radical (unpaired) electrons. The Morgan fingerprint density at radius 2 is 1.73 bits per heavy atom. The summed E-state index contributed by atoms with van der Waals surface area (Å²) < 4.78 is 0. The van der Waals surface area contributed by atoms with Crippen LogP contribution in [0, 0.1) is 11.3 Å². The van der Waals surface area contributed by atoms with E-state index in [2.05, 4.69) is 67.6 Å². The molecule has 1 aromatic heterocycles. The van der Waals surface area contributed by atoms with E-state index in [-0.39, 0.29) is 0 Å². The zero-order chi connectivity index (χ0) is 20.6. The van der Waals surface area contributed by atoms with Gasteiger partial charge in [-0.15, -0.1) is 0 Å². The minimum Gasteiger partial charge on any atom is -0.354 e. The molecule has 0 bridgehead atoms. The first-order chi connectivity index (χ1) is 14.8. The zero-order valence-corrected chi connectivity index (χ0v) is 16.8. The van der Waals surface area contributed by atoms with Gasteiger partial charge in [-0.1, -0.05) is 42.5 Å². The monoisotopic (exact) mass is 396 g/mol. The van der Waals surface area contributed by atoms with Gasteiger partial charge in [0.15, 0.2) is 0 Å². The highest BCUT2D eigenvalue weighted by atomic mass is 15.3. The number of rotatable bonds is 6. The first kappa shape index (κ1) is 19.6. The highest BCUT2D eigenvalue weighted by Crippen LogP contribution is 2.18. The molecule has 1 fully saturated rings. The second-order valence-electron chi connectivity index (χ2n) is 7.15. The van der Waals surface area contributed by atoms with Crippen LogP contribution >= 0.6 is 0 Å². The Balaban J connectivity index is 1.30. The van der Waals surface area contributed by atoms with Gasteiger partial charge < -0.3 is 10.2 Å². The second-order valence-corrected chi connectivity index (χ2v) is 7.15. The largest absolute Gasteiger partial charge is 0.354 e. The van der Waals surface area contributed by atoms with Crippen molar-refractivity contribution in [2.45, 2.75) is 0 Å². The molecule has 6 heteroatoms. The Kier molecular flexibility index (Phi) is 6.33. The summed E-state index contributed by atoms with van der Waals surface area (Å²) in [5, 5.41) is 12.1. The van der Waals surface area contributed by atoms with Crippen LogP contribution in [-0.4, -0.2) is 47.6 Å². The molecule has 2 heterocycles. The lowest BCUT2D eigenvalue weighted by molar-refractivity contribution is 0.283. The fourth-order valence-corrected chi connectivity index (χ4v) is 3.40. The molecule has 0 saturated carbocycles. The average molecular weight is 396 g/mol. The molecule has 4 rings (SSSR count). The van der Waals surface area contributed by atoms with Crippen LogP contribution in [0.1, 0.15) is 11.1 Å². The lowest BCUT2D eigenvalue weighted by Crippen LogP contribution is -2.46. The van der Waals surface area contributed by atoms with Crippen LogP contribution < -0.4 is 10.2 Å². The maximum atomic E-state index is 8.91. The topological polar surface area (TPSA) is 68.1 Å². The number of nitriles is 1. The van der Waals surface area contributed by atoms with Crippen molar-refractivity contribution in [3.63, 3.8) is 0 Å². The number of aromatic nitrogens is 2. The third-order valence-electron chi connectivity index (χ3n) is 5.08.